The lowest BCUT2D eigenvalue weighted by molar-refractivity contribution is 0.0527. The van der Waals surface area contributed by atoms with E-state index in [2.05, 4.69) is 20.3 Å². The van der Waals surface area contributed by atoms with Gasteiger partial charge in [0.15, 0.2) is 0 Å². The smallest absolute Gasteiger partial charge is 0.340 e. The van der Waals surface area contributed by atoms with Crippen molar-refractivity contribution < 1.29 is 19.0 Å². The molecule has 8 nitrogen and oxygen atoms in total. The van der Waals surface area contributed by atoms with Gasteiger partial charge < -0.3 is 15.8 Å². The minimum absolute atomic E-state index is 0.129. The summed E-state index contributed by atoms with van der Waals surface area (Å²) >= 11 is 0. The number of ether oxygens (including phenoxy) is 1. The summed E-state index contributed by atoms with van der Waals surface area (Å²) in [5.41, 5.74) is 5.80. The van der Waals surface area contributed by atoms with Crippen molar-refractivity contribution in [1.29, 1.82) is 0 Å². The monoisotopic (exact) mass is 276 g/mol. The molecule has 1 amide bonds. The molecule has 0 aliphatic carbocycles. The molecule has 0 atom stereocenters. The molecule has 0 radical (unpaired) electrons. The summed E-state index contributed by atoms with van der Waals surface area (Å²) in [4.78, 5) is 23.7. The van der Waals surface area contributed by atoms with Crippen molar-refractivity contribution in [3.05, 3.63) is 35.5 Å². The molecule has 2 aromatic rings. The van der Waals surface area contributed by atoms with Gasteiger partial charge in [-0.1, -0.05) is 12.1 Å². The highest BCUT2D eigenvalue weighted by Crippen LogP contribution is 2.18. The standard InChI is InChI=1S/C12H12N4O4/c1-2-19-12(18)7-5-3-4-6-8(7)14-11(17)9-10(13)16-20-15-9/h3-6H,2H2,1H3,(H2,13,16)(H,14,17). The topological polar surface area (TPSA) is 120 Å². The maximum Gasteiger partial charge on any atom is 0.340 e. The van der Waals surface area contributed by atoms with Crippen molar-refractivity contribution in [2.75, 3.05) is 17.7 Å². The van der Waals surface area contributed by atoms with E-state index in [1.807, 2.05) is 0 Å². The van der Waals surface area contributed by atoms with Gasteiger partial charge in [0.2, 0.25) is 11.5 Å². The molecule has 1 aromatic carbocycles. The lowest BCUT2D eigenvalue weighted by Gasteiger charge is -2.09. The highest BCUT2D eigenvalue weighted by Gasteiger charge is 2.19. The first-order chi connectivity index (χ1) is 9.63. The van der Waals surface area contributed by atoms with Crippen molar-refractivity contribution in [3.63, 3.8) is 0 Å². The van der Waals surface area contributed by atoms with E-state index >= 15 is 0 Å². The molecule has 1 aromatic heterocycles. The van der Waals surface area contributed by atoms with Crippen LogP contribution in [0.2, 0.25) is 0 Å². The molecule has 0 aliphatic heterocycles. The summed E-state index contributed by atoms with van der Waals surface area (Å²) in [5.74, 6) is -1.29. The first kappa shape index (κ1) is 13.5. The zero-order valence-electron chi connectivity index (χ0n) is 10.6. The van der Waals surface area contributed by atoms with E-state index in [1.165, 1.54) is 6.07 Å². The molecule has 1 heterocycles. The van der Waals surface area contributed by atoms with Crippen molar-refractivity contribution >= 4 is 23.4 Å². The van der Waals surface area contributed by atoms with Crippen LogP contribution in [0.25, 0.3) is 0 Å². The Labute approximate surface area is 113 Å². The Hall–Kier alpha value is -2.90. The zero-order chi connectivity index (χ0) is 14.5. The Morgan fingerprint density at radius 2 is 2.10 bits per heavy atom. The fourth-order valence-corrected chi connectivity index (χ4v) is 1.51. The third-order valence-electron chi connectivity index (χ3n) is 2.40. The third kappa shape index (κ3) is 2.74. The number of carbonyl (C=O) groups is 2. The Morgan fingerprint density at radius 1 is 1.35 bits per heavy atom. The molecule has 20 heavy (non-hydrogen) atoms. The number of aromatic nitrogens is 2. The van der Waals surface area contributed by atoms with Crippen LogP contribution >= 0.6 is 0 Å². The largest absolute Gasteiger partial charge is 0.462 e. The molecule has 3 N–H and O–H groups in total. The summed E-state index contributed by atoms with van der Waals surface area (Å²) in [6.45, 7) is 1.93. The molecule has 0 bridgehead atoms. The van der Waals surface area contributed by atoms with Crippen molar-refractivity contribution in [2.45, 2.75) is 6.92 Å². The summed E-state index contributed by atoms with van der Waals surface area (Å²) in [5, 5.41) is 9.20. The molecule has 0 saturated carbocycles. The van der Waals surface area contributed by atoms with E-state index in [9.17, 15) is 9.59 Å². The molecule has 0 saturated heterocycles. The predicted octanol–water partition coefficient (Wildman–Crippen LogP) is 1.08. The van der Waals surface area contributed by atoms with Gasteiger partial charge in [-0.25, -0.2) is 9.42 Å². The van der Waals surface area contributed by atoms with Gasteiger partial charge in [-0.3, -0.25) is 4.79 Å². The molecular weight excluding hydrogens is 264 g/mol. The fourth-order valence-electron chi connectivity index (χ4n) is 1.51. The number of anilines is 2. The van der Waals surface area contributed by atoms with Gasteiger partial charge in [-0.2, -0.15) is 0 Å². The van der Waals surface area contributed by atoms with Gasteiger partial charge in [0.1, 0.15) is 0 Å². The van der Waals surface area contributed by atoms with Crippen LogP contribution in [-0.2, 0) is 4.74 Å². The summed E-state index contributed by atoms with van der Waals surface area (Å²) in [7, 11) is 0. The van der Waals surface area contributed by atoms with Gasteiger partial charge in [0.05, 0.1) is 17.9 Å². The Bertz CT molecular complexity index is 638. The number of carbonyl (C=O) groups excluding carboxylic acids is 2. The molecule has 8 heteroatoms. The molecule has 0 unspecified atom stereocenters. The number of nitrogens with one attached hydrogen (secondary N) is 1. The van der Waals surface area contributed by atoms with Crippen molar-refractivity contribution in [2.24, 2.45) is 0 Å². The number of hydrogen-bond acceptors (Lipinski definition) is 7. The fraction of sp³-hybridized carbons (Fsp3) is 0.167. The minimum atomic E-state index is -0.625. The molecule has 0 aliphatic rings. The molecule has 104 valence electrons. The number of para-hydroxylation sites is 1. The Balaban J connectivity index is 2.24. The molecular formula is C12H12N4O4. The number of nitrogens with zero attached hydrogens (tertiary/aromatic N) is 2. The lowest BCUT2D eigenvalue weighted by Crippen LogP contribution is -2.17. The first-order valence-electron chi connectivity index (χ1n) is 5.79. The van der Waals surface area contributed by atoms with Crippen LogP contribution in [0.15, 0.2) is 28.9 Å². The second-order valence-electron chi connectivity index (χ2n) is 3.72. The van der Waals surface area contributed by atoms with Gasteiger partial charge in [0, 0.05) is 0 Å². The SMILES string of the molecule is CCOC(=O)c1ccccc1NC(=O)c1nonc1N. The van der Waals surface area contributed by atoms with E-state index < -0.39 is 11.9 Å². The van der Waals surface area contributed by atoms with Gasteiger partial charge in [0.25, 0.3) is 5.91 Å². The van der Waals surface area contributed by atoms with Crippen molar-refractivity contribution in [3.8, 4) is 0 Å². The Morgan fingerprint density at radius 3 is 2.75 bits per heavy atom. The van der Waals surface area contributed by atoms with Crippen LogP contribution in [0.1, 0.15) is 27.8 Å². The molecule has 0 spiro atoms. The van der Waals surface area contributed by atoms with Crippen LogP contribution in [0.3, 0.4) is 0 Å². The Kier molecular flexibility index (Phi) is 3.94. The number of nitrogens with two attached hydrogens (primary N) is 1. The molecule has 0 fully saturated rings. The average Bonchev–Trinajstić information content (AvgIpc) is 2.86. The summed E-state index contributed by atoms with van der Waals surface area (Å²) < 4.78 is 9.25. The van der Waals surface area contributed by atoms with Crippen LogP contribution < -0.4 is 11.1 Å². The van der Waals surface area contributed by atoms with Gasteiger partial charge >= 0.3 is 5.97 Å². The van der Waals surface area contributed by atoms with E-state index in [-0.39, 0.29) is 23.7 Å². The minimum Gasteiger partial charge on any atom is -0.462 e. The number of hydrogen-bond donors (Lipinski definition) is 2. The maximum absolute atomic E-state index is 11.9. The summed E-state index contributed by atoms with van der Waals surface area (Å²) in [6.07, 6.45) is 0. The van der Waals surface area contributed by atoms with Crippen LogP contribution in [0, 0.1) is 0 Å². The lowest BCUT2D eigenvalue weighted by atomic mass is 10.1. The highest BCUT2D eigenvalue weighted by molar-refractivity contribution is 6.08. The first-order valence-corrected chi connectivity index (χ1v) is 5.79. The predicted molar refractivity (Wildman–Crippen MR) is 69.1 cm³/mol. The normalized spacial score (nSPS) is 10.1. The van der Waals surface area contributed by atoms with Gasteiger partial charge in [-0.15, -0.1) is 0 Å². The number of benzene rings is 1. The van der Waals surface area contributed by atoms with Crippen LogP contribution in [0.5, 0.6) is 0 Å². The quantitative estimate of drug-likeness (QED) is 0.801. The third-order valence-corrected chi connectivity index (χ3v) is 2.40. The number of rotatable bonds is 4. The van der Waals surface area contributed by atoms with Gasteiger partial charge in [-0.05, 0) is 29.4 Å². The molecule has 2 rings (SSSR count). The maximum atomic E-state index is 11.9. The van der Waals surface area contributed by atoms with E-state index in [0.29, 0.717) is 5.69 Å². The van der Waals surface area contributed by atoms with Crippen LogP contribution in [0.4, 0.5) is 11.5 Å². The summed E-state index contributed by atoms with van der Waals surface area (Å²) in [6, 6.07) is 6.43. The average molecular weight is 276 g/mol. The second-order valence-corrected chi connectivity index (χ2v) is 3.72. The van der Waals surface area contributed by atoms with E-state index in [4.69, 9.17) is 10.5 Å². The second kappa shape index (κ2) is 5.83. The highest BCUT2D eigenvalue weighted by atomic mass is 16.6. The zero-order valence-corrected chi connectivity index (χ0v) is 10.6. The van der Waals surface area contributed by atoms with E-state index in [1.54, 1.807) is 25.1 Å². The van der Waals surface area contributed by atoms with E-state index in [0.717, 1.165) is 0 Å². The van der Waals surface area contributed by atoms with Crippen LogP contribution in [-0.4, -0.2) is 28.8 Å². The van der Waals surface area contributed by atoms with Crippen molar-refractivity contribution in [1.82, 2.24) is 10.3 Å². The number of nitrogen functional groups attached to an aromatic ring is 1. The number of amides is 1. The number of esters is 1.